The van der Waals surface area contributed by atoms with Crippen LogP contribution < -0.4 is 0 Å². The van der Waals surface area contributed by atoms with Crippen molar-refractivity contribution in [2.24, 2.45) is 0 Å². The Morgan fingerprint density at radius 3 is 2.46 bits per heavy atom. The van der Waals surface area contributed by atoms with Crippen LogP contribution in [0, 0.1) is 0 Å². The van der Waals surface area contributed by atoms with Crippen molar-refractivity contribution in [2.45, 2.75) is 38.9 Å². The Balaban J connectivity index is 3.13. The largest absolute Gasteiger partial charge is 0.377 e. The van der Waals surface area contributed by atoms with E-state index in [1.165, 1.54) is 18.9 Å². The quantitative estimate of drug-likeness (QED) is 0.293. The standard InChI is InChI=1S/C10H21BrOSi/c1-10(2)9-12-7-5-6-8-13(3,4)11/h1,5-9H2,2-4H3. The van der Waals surface area contributed by atoms with E-state index < -0.39 is 6.69 Å². The Morgan fingerprint density at radius 2 is 2.00 bits per heavy atom. The SMILES string of the molecule is C=C(C)COCCCC[Si](C)(C)Br. The number of halogens is 1. The summed E-state index contributed by atoms with van der Waals surface area (Å²) < 4.78 is 5.41. The van der Waals surface area contributed by atoms with Crippen LogP contribution in [0.3, 0.4) is 0 Å². The highest BCUT2D eigenvalue weighted by Crippen LogP contribution is 2.19. The molecule has 0 rings (SSSR count). The predicted molar refractivity (Wildman–Crippen MR) is 66.1 cm³/mol. The van der Waals surface area contributed by atoms with Crippen molar-refractivity contribution < 1.29 is 4.74 Å². The average molecular weight is 265 g/mol. The van der Waals surface area contributed by atoms with Crippen LogP contribution >= 0.6 is 15.3 Å². The van der Waals surface area contributed by atoms with Crippen LogP contribution in [-0.4, -0.2) is 19.9 Å². The van der Waals surface area contributed by atoms with Gasteiger partial charge >= 0.3 is 0 Å². The van der Waals surface area contributed by atoms with Gasteiger partial charge in [0, 0.05) is 6.61 Å². The van der Waals surface area contributed by atoms with Crippen LogP contribution in [0.4, 0.5) is 0 Å². The number of unbranched alkanes of at least 4 members (excludes halogenated alkanes) is 1. The van der Waals surface area contributed by atoms with E-state index in [0.717, 1.165) is 18.8 Å². The Kier molecular flexibility index (Phi) is 7.00. The summed E-state index contributed by atoms with van der Waals surface area (Å²) in [4.78, 5) is 0. The maximum absolute atomic E-state index is 5.41. The summed E-state index contributed by atoms with van der Waals surface area (Å²) in [5, 5.41) is 0. The fourth-order valence-electron chi connectivity index (χ4n) is 0.996. The summed E-state index contributed by atoms with van der Waals surface area (Å²) in [5.74, 6) is 0. The van der Waals surface area contributed by atoms with E-state index in [1.807, 2.05) is 6.92 Å². The molecule has 0 saturated heterocycles. The van der Waals surface area contributed by atoms with Crippen LogP contribution in [0.15, 0.2) is 12.2 Å². The Labute approximate surface area is 91.1 Å². The van der Waals surface area contributed by atoms with Crippen LogP contribution in [-0.2, 0) is 4.74 Å². The molecule has 0 aromatic heterocycles. The van der Waals surface area contributed by atoms with Gasteiger partial charge in [-0.1, -0.05) is 31.7 Å². The topological polar surface area (TPSA) is 9.23 Å². The van der Waals surface area contributed by atoms with Crippen LogP contribution in [0.1, 0.15) is 19.8 Å². The predicted octanol–water partition coefficient (Wildman–Crippen LogP) is 3.96. The third kappa shape index (κ3) is 12.4. The first-order chi connectivity index (χ1) is 5.92. The van der Waals surface area contributed by atoms with Gasteiger partial charge in [0.1, 0.15) is 6.69 Å². The van der Waals surface area contributed by atoms with Crippen molar-refractivity contribution in [3.05, 3.63) is 12.2 Å². The molecule has 0 amide bonds. The highest BCUT2D eigenvalue weighted by molar-refractivity contribution is 9.26. The van der Waals surface area contributed by atoms with Crippen molar-refractivity contribution in [1.82, 2.24) is 0 Å². The second kappa shape index (κ2) is 6.79. The fraction of sp³-hybridized carbons (Fsp3) is 0.800. The Morgan fingerprint density at radius 1 is 1.38 bits per heavy atom. The molecule has 13 heavy (non-hydrogen) atoms. The van der Waals surface area contributed by atoms with Gasteiger partial charge in [-0.2, -0.15) is 0 Å². The summed E-state index contributed by atoms with van der Waals surface area (Å²) >= 11 is 3.75. The highest BCUT2D eigenvalue weighted by Gasteiger charge is 2.14. The molecule has 0 bridgehead atoms. The highest BCUT2D eigenvalue weighted by atomic mass is 79.9. The molecule has 0 aliphatic carbocycles. The lowest BCUT2D eigenvalue weighted by molar-refractivity contribution is 0.153. The molecule has 0 aromatic rings. The minimum atomic E-state index is -1.000. The zero-order valence-corrected chi connectivity index (χ0v) is 11.6. The first-order valence-electron chi connectivity index (χ1n) is 4.83. The van der Waals surface area contributed by atoms with Gasteiger partial charge in [-0.15, -0.1) is 15.3 Å². The van der Waals surface area contributed by atoms with Crippen LogP contribution in [0.25, 0.3) is 0 Å². The Hall–Kier alpha value is 0.397. The Bertz CT molecular complexity index is 151. The molecule has 1 nitrogen and oxygen atoms in total. The number of rotatable bonds is 7. The van der Waals surface area contributed by atoms with Gasteiger partial charge in [-0.25, -0.2) is 0 Å². The normalized spacial score (nSPS) is 11.7. The monoisotopic (exact) mass is 264 g/mol. The molecule has 0 unspecified atom stereocenters. The zero-order valence-electron chi connectivity index (χ0n) is 9.03. The molecular formula is C10H21BrOSi. The van der Waals surface area contributed by atoms with E-state index in [2.05, 4.69) is 35.0 Å². The molecule has 0 aliphatic heterocycles. The van der Waals surface area contributed by atoms with Crippen LogP contribution in [0.2, 0.25) is 19.1 Å². The molecule has 0 atom stereocenters. The molecule has 0 spiro atoms. The summed E-state index contributed by atoms with van der Waals surface area (Å²) in [6.45, 7) is 11.0. The average Bonchev–Trinajstić information content (AvgIpc) is 1.93. The minimum Gasteiger partial charge on any atom is -0.377 e. The first kappa shape index (κ1) is 13.4. The molecule has 0 heterocycles. The van der Waals surface area contributed by atoms with E-state index >= 15 is 0 Å². The summed E-state index contributed by atoms with van der Waals surface area (Å²) in [6, 6.07) is 1.34. The third-order valence-electron chi connectivity index (χ3n) is 1.66. The summed E-state index contributed by atoms with van der Waals surface area (Å²) in [5.41, 5.74) is 1.11. The zero-order chi connectivity index (χ0) is 10.3. The molecule has 0 saturated carbocycles. The second-order valence-corrected chi connectivity index (χ2v) is 14.6. The molecule has 3 heteroatoms. The van der Waals surface area contributed by atoms with Gasteiger partial charge in [-0.3, -0.25) is 0 Å². The van der Waals surface area contributed by atoms with Crippen LogP contribution in [0.5, 0.6) is 0 Å². The second-order valence-electron chi connectivity index (χ2n) is 4.19. The van der Waals surface area contributed by atoms with Gasteiger partial charge in [0.2, 0.25) is 0 Å². The molecule has 0 radical (unpaired) electrons. The maximum Gasteiger partial charge on any atom is 0.124 e. The lowest BCUT2D eigenvalue weighted by Crippen LogP contribution is -2.14. The molecule has 0 aliphatic rings. The van der Waals surface area contributed by atoms with Crippen molar-refractivity contribution in [1.29, 1.82) is 0 Å². The van der Waals surface area contributed by atoms with Gasteiger partial charge in [-0.05, 0) is 19.4 Å². The summed E-state index contributed by atoms with van der Waals surface area (Å²) in [6.07, 6.45) is 2.45. The van der Waals surface area contributed by atoms with Gasteiger partial charge in [0.15, 0.2) is 0 Å². The van der Waals surface area contributed by atoms with Gasteiger partial charge in [0.05, 0.1) is 6.61 Å². The lowest BCUT2D eigenvalue weighted by atomic mass is 10.3. The maximum atomic E-state index is 5.41. The first-order valence-corrected chi connectivity index (χ1v) is 10.3. The number of ether oxygens (including phenoxy) is 1. The van der Waals surface area contributed by atoms with E-state index in [0.29, 0.717) is 0 Å². The molecule has 0 fully saturated rings. The fourth-order valence-corrected chi connectivity index (χ4v) is 2.93. The third-order valence-corrected chi connectivity index (χ3v) is 4.39. The van der Waals surface area contributed by atoms with Crippen molar-refractivity contribution in [2.75, 3.05) is 13.2 Å². The van der Waals surface area contributed by atoms with Gasteiger partial charge in [0.25, 0.3) is 0 Å². The lowest BCUT2D eigenvalue weighted by Gasteiger charge is -2.12. The summed E-state index contributed by atoms with van der Waals surface area (Å²) in [7, 11) is 0. The molecule has 0 N–H and O–H groups in total. The molecular weight excluding hydrogens is 244 g/mol. The van der Waals surface area contributed by atoms with E-state index in [9.17, 15) is 0 Å². The molecule has 78 valence electrons. The number of hydrogen-bond donors (Lipinski definition) is 0. The minimum absolute atomic E-state index is 0.717. The van der Waals surface area contributed by atoms with E-state index in [-0.39, 0.29) is 0 Å². The number of hydrogen-bond acceptors (Lipinski definition) is 1. The van der Waals surface area contributed by atoms with E-state index in [1.54, 1.807) is 0 Å². The molecule has 0 aromatic carbocycles. The smallest absolute Gasteiger partial charge is 0.124 e. The van der Waals surface area contributed by atoms with Crippen molar-refractivity contribution >= 4 is 22.0 Å². The van der Waals surface area contributed by atoms with E-state index in [4.69, 9.17) is 4.74 Å². The van der Waals surface area contributed by atoms with Crippen molar-refractivity contribution in [3.63, 3.8) is 0 Å². The van der Waals surface area contributed by atoms with Gasteiger partial charge < -0.3 is 4.74 Å². The van der Waals surface area contributed by atoms with Crippen molar-refractivity contribution in [3.8, 4) is 0 Å².